The van der Waals surface area contributed by atoms with E-state index in [1.165, 1.54) is 16.7 Å². The van der Waals surface area contributed by atoms with Crippen LogP contribution in [0.2, 0.25) is 0 Å². The predicted molar refractivity (Wildman–Crippen MR) is 47.6 cm³/mol. The van der Waals surface area contributed by atoms with Crippen LogP contribution in [-0.2, 0) is 0 Å². The van der Waals surface area contributed by atoms with E-state index >= 15 is 0 Å². The molecule has 0 fully saturated rings. The molecule has 0 unspecified atom stereocenters. The molecule has 1 aromatic rings. The molecular formula is C6H5NS3. The van der Waals surface area contributed by atoms with Gasteiger partial charge in [-0.05, 0) is 18.0 Å². The lowest BCUT2D eigenvalue weighted by atomic mass is 10.7. The minimum absolute atomic E-state index is 1.08. The average molecular weight is 187 g/mol. The van der Waals surface area contributed by atoms with E-state index < -0.39 is 0 Å². The normalized spacial score (nSPS) is 9.20. The number of hydrogen-bond donors (Lipinski definition) is 0. The average Bonchev–Trinajstić information content (AvgIpc) is 2.36. The van der Waals surface area contributed by atoms with Gasteiger partial charge in [0.15, 0.2) is 0 Å². The Labute approximate surface area is 72.4 Å². The molecule has 0 bridgehead atoms. The first-order valence-electron chi connectivity index (χ1n) is 2.54. The van der Waals surface area contributed by atoms with Crippen LogP contribution >= 0.6 is 34.9 Å². The van der Waals surface area contributed by atoms with E-state index in [4.69, 9.17) is 5.26 Å². The number of hydrogen-bond acceptors (Lipinski definition) is 4. The largest absolute Gasteiger partial charge is 0.185 e. The Balaban J connectivity index is 2.82. The molecule has 0 saturated heterocycles. The highest BCUT2D eigenvalue weighted by atomic mass is 32.2. The van der Waals surface area contributed by atoms with Crippen molar-refractivity contribution in [3.05, 3.63) is 10.8 Å². The third-order valence-electron chi connectivity index (χ3n) is 0.969. The van der Waals surface area contributed by atoms with Crippen LogP contribution in [0, 0.1) is 10.7 Å². The van der Waals surface area contributed by atoms with Crippen LogP contribution < -0.4 is 0 Å². The van der Waals surface area contributed by atoms with Gasteiger partial charge in [0.1, 0.15) is 5.40 Å². The summed E-state index contributed by atoms with van der Waals surface area (Å²) in [4.78, 5) is 2.29. The summed E-state index contributed by atoms with van der Waals surface area (Å²) in [6.07, 6.45) is 2.02. The van der Waals surface area contributed by atoms with Crippen molar-refractivity contribution in [2.24, 2.45) is 0 Å². The van der Waals surface area contributed by atoms with Crippen LogP contribution in [0.1, 0.15) is 0 Å². The van der Waals surface area contributed by atoms with Crippen LogP contribution in [0.5, 0.6) is 0 Å². The summed E-state index contributed by atoms with van der Waals surface area (Å²) in [6, 6.07) is 0. The van der Waals surface area contributed by atoms with Crippen LogP contribution in [0.3, 0.4) is 0 Å². The van der Waals surface area contributed by atoms with E-state index in [1.807, 2.05) is 11.6 Å². The van der Waals surface area contributed by atoms with Crippen LogP contribution in [0.25, 0.3) is 0 Å². The van der Waals surface area contributed by atoms with Crippen molar-refractivity contribution in [3.8, 4) is 5.40 Å². The number of thiophene rings is 1. The molecule has 10 heavy (non-hydrogen) atoms. The standard InChI is InChI=1S/C6H5NS3/c1-8-5-2-9-3-6(5)10-4-7/h2-3H,1H3. The van der Waals surface area contributed by atoms with Crippen molar-refractivity contribution in [1.82, 2.24) is 0 Å². The van der Waals surface area contributed by atoms with Gasteiger partial charge in [-0.3, -0.25) is 0 Å². The first-order chi connectivity index (χ1) is 4.88. The van der Waals surface area contributed by atoms with Gasteiger partial charge in [0, 0.05) is 20.6 Å². The molecule has 52 valence electrons. The number of rotatable bonds is 2. The molecule has 4 heteroatoms. The van der Waals surface area contributed by atoms with E-state index in [0.717, 1.165) is 4.90 Å². The summed E-state index contributed by atoms with van der Waals surface area (Å²) < 4.78 is 0. The van der Waals surface area contributed by atoms with Gasteiger partial charge in [0.25, 0.3) is 0 Å². The zero-order valence-corrected chi connectivity index (χ0v) is 7.78. The molecule has 0 aliphatic heterocycles. The highest BCUT2D eigenvalue weighted by Gasteiger charge is 2.01. The fourth-order valence-electron chi connectivity index (χ4n) is 0.546. The zero-order valence-electron chi connectivity index (χ0n) is 5.33. The summed E-state index contributed by atoms with van der Waals surface area (Å²) in [6.45, 7) is 0. The van der Waals surface area contributed by atoms with Crippen molar-refractivity contribution in [2.75, 3.05) is 6.26 Å². The second-order valence-electron chi connectivity index (χ2n) is 1.50. The number of nitrogens with zero attached hydrogens (tertiary/aromatic N) is 1. The summed E-state index contributed by atoms with van der Waals surface area (Å²) in [7, 11) is 0. The minimum atomic E-state index is 1.08. The maximum Gasteiger partial charge on any atom is 0.138 e. The molecule has 1 nitrogen and oxygen atoms in total. The lowest BCUT2D eigenvalue weighted by Gasteiger charge is -1.90. The molecule has 1 aromatic heterocycles. The molecule has 0 aromatic carbocycles. The molecule has 0 atom stereocenters. The molecule has 0 radical (unpaired) electrons. The molecule has 0 saturated carbocycles. The fourth-order valence-corrected chi connectivity index (χ4v) is 3.07. The zero-order chi connectivity index (χ0) is 7.40. The van der Waals surface area contributed by atoms with Crippen molar-refractivity contribution in [3.63, 3.8) is 0 Å². The summed E-state index contributed by atoms with van der Waals surface area (Å²) in [5.74, 6) is 0. The lowest BCUT2D eigenvalue weighted by Crippen LogP contribution is -1.63. The fraction of sp³-hybridized carbons (Fsp3) is 0.167. The third-order valence-corrected chi connectivity index (χ3v) is 3.57. The Kier molecular flexibility index (Phi) is 3.13. The van der Waals surface area contributed by atoms with Gasteiger partial charge in [0.2, 0.25) is 0 Å². The Morgan fingerprint density at radius 2 is 2.20 bits per heavy atom. The quantitative estimate of drug-likeness (QED) is 0.525. The van der Waals surface area contributed by atoms with E-state index in [2.05, 4.69) is 10.8 Å². The minimum Gasteiger partial charge on any atom is -0.185 e. The SMILES string of the molecule is CSc1cscc1SC#N. The van der Waals surface area contributed by atoms with Gasteiger partial charge in [0.05, 0.1) is 0 Å². The smallest absolute Gasteiger partial charge is 0.138 e. The monoisotopic (exact) mass is 187 g/mol. The van der Waals surface area contributed by atoms with Crippen molar-refractivity contribution in [1.29, 1.82) is 5.26 Å². The van der Waals surface area contributed by atoms with E-state index in [0.29, 0.717) is 0 Å². The molecule has 0 amide bonds. The molecular weight excluding hydrogens is 182 g/mol. The maximum absolute atomic E-state index is 8.37. The second-order valence-corrected chi connectivity index (χ2v) is 3.92. The third kappa shape index (κ3) is 1.69. The van der Waals surface area contributed by atoms with Crippen molar-refractivity contribution < 1.29 is 0 Å². The van der Waals surface area contributed by atoms with Gasteiger partial charge < -0.3 is 0 Å². The number of thioether (sulfide) groups is 2. The topological polar surface area (TPSA) is 23.8 Å². The van der Waals surface area contributed by atoms with Gasteiger partial charge >= 0.3 is 0 Å². The van der Waals surface area contributed by atoms with Gasteiger partial charge in [-0.15, -0.1) is 23.1 Å². The molecule has 0 aliphatic carbocycles. The molecule has 0 N–H and O–H groups in total. The van der Waals surface area contributed by atoms with Gasteiger partial charge in [-0.25, -0.2) is 0 Å². The van der Waals surface area contributed by atoms with E-state index in [-0.39, 0.29) is 0 Å². The van der Waals surface area contributed by atoms with Gasteiger partial charge in [-0.1, -0.05) is 0 Å². The Morgan fingerprint density at radius 3 is 2.80 bits per heavy atom. The van der Waals surface area contributed by atoms with E-state index in [1.54, 1.807) is 23.1 Å². The van der Waals surface area contributed by atoms with E-state index in [9.17, 15) is 0 Å². The number of thiocyanates is 1. The molecule has 1 rings (SSSR count). The molecule has 1 heterocycles. The summed E-state index contributed by atoms with van der Waals surface area (Å²) >= 11 is 4.55. The van der Waals surface area contributed by atoms with Crippen LogP contribution in [0.15, 0.2) is 20.6 Å². The number of nitriles is 1. The molecule has 0 spiro atoms. The highest BCUT2D eigenvalue weighted by molar-refractivity contribution is 8.05. The Bertz CT molecular complexity index is 248. The summed E-state index contributed by atoms with van der Waals surface area (Å²) in [5, 5.41) is 14.5. The summed E-state index contributed by atoms with van der Waals surface area (Å²) in [5.41, 5.74) is 0. The van der Waals surface area contributed by atoms with Crippen LogP contribution in [0.4, 0.5) is 0 Å². The first kappa shape index (κ1) is 7.99. The molecule has 0 aliphatic rings. The first-order valence-corrected chi connectivity index (χ1v) is 5.53. The highest BCUT2D eigenvalue weighted by Crippen LogP contribution is 2.31. The second kappa shape index (κ2) is 3.91. The predicted octanol–water partition coefficient (Wildman–Crippen LogP) is 3.04. The Morgan fingerprint density at radius 1 is 1.50 bits per heavy atom. The van der Waals surface area contributed by atoms with Crippen molar-refractivity contribution in [2.45, 2.75) is 9.79 Å². The van der Waals surface area contributed by atoms with Gasteiger partial charge in [-0.2, -0.15) is 5.26 Å². The lowest BCUT2D eigenvalue weighted by molar-refractivity contribution is 1.35. The maximum atomic E-state index is 8.37. The van der Waals surface area contributed by atoms with Crippen molar-refractivity contribution >= 4 is 34.9 Å². The Hall–Kier alpha value is -0.110. The van der Waals surface area contributed by atoms with Crippen LogP contribution in [-0.4, -0.2) is 6.26 Å².